The molecule has 24 heavy (non-hydrogen) atoms. The van der Waals surface area contributed by atoms with E-state index in [1.165, 1.54) is 7.05 Å². The monoisotopic (exact) mass is 351 g/mol. The van der Waals surface area contributed by atoms with Gasteiger partial charge in [0.15, 0.2) is 11.2 Å². The highest BCUT2D eigenvalue weighted by molar-refractivity contribution is 5.85. The van der Waals surface area contributed by atoms with Crippen LogP contribution in [0.25, 0.3) is 11.2 Å². The lowest BCUT2D eigenvalue weighted by atomic mass is 10.2. The van der Waals surface area contributed by atoms with Crippen LogP contribution in [-0.4, -0.2) is 30.1 Å². The minimum absolute atomic E-state index is 0. The van der Waals surface area contributed by atoms with Crippen molar-refractivity contribution in [3.63, 3.8) is 0 Å². The molecule has 0 saturated carbocycles. The molecule has 3 rings (SSSR count). The standard InChI is InChI=1S/C16H21N5O2.ClH/c1-12(2)9-21-14-13(15(22)18(3)16(21)23)20(10-17-14)11-19-7-5-4-6-8-19;/h4-7,10,12H,8-9,11H2,1-3H3;1H. The Morgan fingerprint density at radius 1 is 1.25 bits per heavy atom. The Bertz CT molecular complexity index is 904. The predicted octanol–water partition coefficient (Wildman–Crippen LogP) is 1.32. The molecule has 7 nitrogen and oxygen atoms in total. The average Bonchev–Trinajstić information content (AvgIpc) is 2.94. The summed E-state index contributed by atoms with van der Waals surface area (Å²) in [6.45, 7) is 5.90. The number of aromatic nitrogens is 4. The van der Waals surface area contributed by atoms with Gasteiger partial charge in [-0.05, 0) is 12.0 Å². The summed E-state index contributed by atoms with van der Waals surface area (Å²) in [5, 5.41) is 0. The SMILES string of the molecule is CC(C)Cn1c(=O)n(C)c(=O)c2c1ncn2CN1C=CC=CC1.Cl. The first-order valence-electron chi connectivity index (χ1n) is 7.71. The molecule has 0 radical (unpaired) electrons. The third-order valence-electron chi connectivity index (χ3n) is 3.86. The Morgan fingerprint density at radius 2 is 2.00 bits per heavy atom. The highest BCUT2D eigenvalue weighted by Crippen LogP contribution is 2.11. The van der Waals surface area contributed by atoms with Crippen LogP contribution in [0.5, 0.6) is 0 Å². The van der Waals surface area contributed by atoms with Crippen molar-refractivity contribution >= 4 is 23.6 Å². The summed E-state index contributed by atoms with van der Waals surface area (Å²) >= 11 is 0. The molecular formula is C16H22ClN5O2. The van der Waals surface area contributed by atoms with Crippen LogP contribution in [0.4, 0.5) is 0 Å². The molecule has 0 N–H and O–H groups in total. The molecule has 0 unspecified atom stereocenters. The topological polar surface area (TPSA) is 65.1 Å². The average molecular weight is 352 g/mol. The van der Waals surface area contributed by atoms with Crippen molar-refractivity contribution in [3.05, 3.63) is 51.6 Å². The Morgan fingerprint density at radius 3 is 2.62 bits per heavy atom. The van der Waals surface area contributed by atoms with Gasteiger partial charge in [-0.25, -0.2) is 9.78 Å². The molecule has 0 saturated heterocycles. The van der Waals surface area contributed by atoms with Gasteiger partial charge in [-0.2, -0.15) is 0 Å². The summed E-state index contributed by atoms with van der Waals surface area (Å²) < 4.78 is 4.55. The lowest BCUT2D eigenvalue weighted by Gasteiger charge is -2.21. The van der Waals surface area contributed by atoms with Crippen molar-refractivity contribution in [1.29, 1.82) is 0 Å². The molecule has 0 aromatic carbocycles. The highest BCUT2D eigenvalue weighted by atomic mass is 35.5. The summed E-state index contributed by atoms with van der Waals surface area (Å²) in [5.74, 6) is 0.286. The van der Waals surface area contributed by atoms with Gasteiger partial charge >= 0.3 is 5.69 Å². The smallest absolute Gasteiger partial charge is 0.332 e. The maximum atomic E-state index is 12.5. The summed E-state index contributed by atoms with van der Waals surface area (Å²) in [7, 11) is 1.52. The zero-order chi connectivity index (χ0) is 16.6. The van der Waals surface area contributed by atoms with Crippen LogP contribution < -0.4 is 11.2 Å². The van der Waals surface area contributed by atoms with Crippen LogP contribution in [0.1, 0.15) is 13.8 Å². The van der Waals surface area contributed by atoms with Crippen LogP contribution in [0.3, 0.4) is 0 Å². The van der Waals surface area contributed by atoms with Gasteiger partial charge in [0.1, 0.15) is 0 Å². The number of imidazole rings is 1. The fraction of sp³-hybridized carbons (Fsp3) is 0.438. The van der Waals surface area contributed by atoms with Crippen LogP contribution >= 0.6 is 12.4 Å². The van der Waals surface area contributed by atoms with Crippen molar-refractivity contribution in [2.45, 2.75) is 27.1 Å². The highest BCUT2D eigenvalue weighted by Gasteiger charge is 2.17. The predicted molar refractivity (Wildman–Crippen MR) is 96.3 cm³/mol. The molecule has 2 aromatic heterocycles. The summed E-state index contributed by atoms with van der Waals surface area (Å²) in [5.41, 5.74) is 0.306. The molecule has 130 valence electrons. The molecule has 0 amide bonds. The van der Waals surface area contributed by atoms with Gasteiger partial charge in [0, 0.05) is 26.3 Å². The zero-order valence-corrected chi connectivity index (χ0v) is 14.9. The molecule has 1 aliphatic rings. The van der Waals surface area contributed by atoms with Crippen LogP contribution in [0, 0.1) is 5.92 Å². The summed E-state index contributed by atoms with van der Waals surface area (Å²) in [6.07, 6.45) is 9.60. The second kappa shape index (κ2) is 7.09. The minimum atomic E-state index is -0.317. The van der Waals surface area contributed by atoms with Gasteiger partial charge in [0.2, 0.25) is 0 Å². The van der Waals surface area contributed by atoms with E-state index < -0.39 is 0 Å². The van der Waals surface area contributed by atoms with Crippen molar-refractivity contribution in [2.24, 2.45) is 13.0 Å². The molecule has 8 heteroatoms. The fourth-order valence-electron chi connectivity index (χ4n) is 2.75. The molecule has 0 bridgehead atoms. The van der Waals surface area contributed by atoms with E-state index in [1.807, 2.05) is 38.3 Å². The number of hydrogen-bond acceptors (Lipinski definition) is 4. The number of halogens is 1. The molecular weight excluding hydrogens is 330 g/mol. The third kappa shape index (κ3) is 3.17. The Kier molecular flexibility index (Phi) is 5.33. The quantitative estimate of drug-likeness (QED) is 0.833. The van der Waals surface area contributed by atoms with Gasteiger partial charge in [-0.15, -0.1) is 12.4 Å². The lowest BCUT2D eigenvalue weighted by Crippen LogP contribution is -2.39. The second-order valence-electron chi connectivity index (χ2n) is 6.22. The maximum absolute atomic E-state index is 12.5. The van der Waals surface area contributed by atoms with E-state index in [2.05, 4.69) is 9.88 Å². The number of hydrogen-bond donors (Lipinski definition) is 0. The third-order valence-corrected chi connectivity index (χ3v) is 3.86. The van der Waals surface area contributed by atoms with E-state index in [0.29, 0.717) is 24.4 Å². The van der Waals surface area contributed by atoms with E-state index in [4.69, 9.17) is 0 Å². The van der Waals surface area contributed by atoms with Gasteiger partial charge in [-0.3, -0.25) is 13.9 Å². The first kappa shape index (κ1) is 18.1. The maximum Gasteiger partial charge on any atom is 0.332 e. The lowest BCUT2D eigenvalue weighted by molar-refractivity contribution is 0.335. The first-order valence-corrected chi connectivity index (χ1v) is 7.71. The van der Waals surface area contributed by atoms with Crippen LogP contribution in [0.2, 0.25) is 0 Å². The number of allylic oxidation sites excluding steroid dienone is 2. The van der Waals surface area contributed by atoms with Crippen LogP contribution in [0.15, 0.2) is 40.3 Å². The van der Waals surface area contributed by atoms with E-state index in [-0.39, 0.29) is 29.6 Å². The van der Waals surface area contributed by atoms with Gasteiger partial charge < -0.3 is 9.47 Å². The van der Waals surface area contributed by atoms with Gasteiger partial charge in [-0.1, -0.05) is 26.0 Å². The van der Waals surface area contributed by atoms with Crippen molar-refractivity contribution in [1.82, 2.24) is 23.6 Å². The molecule has 0 atom stereocenters. The Labute approximate surface area is 145 Å². The molecule has 0 spiro atoms. The van der Waals surface area contributed by atoms with Crippen molar-refractivity contribution in [3.8, 4) is 0 Å². The normalized spacial score (nSPS) is 13.8. The fourth-order valence-corrected chi connectivity index (χ4v) is 2.75. The van der Waals surface area contributed by atoms with Gasteiger partial charge in [0.05, 0.1) is 13.0 Å². The first-order chi connectivity index (χ1) is 11.0. The van der Waals surface area contributed by atoms with Crippen LogP contribution in [-0.2, 0) is 20.3 Å². The minimum Gasteiger partial charge on any atom is -0.356 e. The molecule has 0 fully saturated rings. The molecule has 0 aliphatic carbocycles. The molecule has 1 aliphatic heterocycles. The Balaban J connectivity index is 0.00000208. The van der Waals surface area contributed by atoms with Crippen molar-refractivity contribution in [2.75, 3.05) is 6.54 Å². The van der Waals surface area contributed by atoms with Gasteiger partial charge in [0.25, 0.3) is 5.56 Å². The zero-order valence-electron chi connectivity index (χ0n) is 14.0. The molecule has 2 aromatic rings. The number of nitrogens with zero attached hydrogens (tertiary/aromatic N) is 5. The second-order valence-corrected chi connectivity index (χ2v) is 6.22. The summed E-state index contributed by atoms with van der Waals surface area (Å²) in [6, 6.07) is 0. The van der Waals surface area contributed by atoms with Crippen molar-refractivity contribution < 1.29 is 0 Å². The van der Waals surface area contributed by atoms with E-state index in [0.717, 1.165) is 11.1 Å². The van der Waals surface area contributed by atoms with E-state index in [9.17, 15) is 9.59 Å². The number of rotatable bonds is 4. The summed E-state index contributed by atoms with van der Waals surface area (Å²) in [4.78, 5) is 31.3. The number of fused-ring (bicyclic) bond motifs is 1. The Hall–Kier alpha value is -2.28. The van der Waals surface area contributed by atoms with E-state index in [1.54, 1.807) is 15.5 Å². The molecule has 3 heterocycles. The van der Waals surface area contributed by atoms with E-state index >= 15 is 0 Å². The largest absolute Gasteiger partial charge is 0.356 e.